The van der Waals surface area contributed by atoms with Crippen LogP contribution in [0.5, 0.6) is 5.75 Å². The van der Waals surface area contributed by atoms with E-state index in [4.69, 9.17) is 24.3 Å². The Bertz CT molecular complexity index is 1270. The van der Waals surface area contributed by atoms with E-state index in [-0.39, 0.29) is 5.75 Å². The molecule has 2 unspecified atom stereocenters. The summed E-state index contributed by atoms with van der Waals surface area (Å²) in [7, 11) is -4.28. The number of esters is 1. The second-order valence-electron chi connectivity index (χ2n) is 8.95. The molecule has 0 radical (unpaired) electrons. The molecule has 2 aromatic rings. The lowest BCUT2D eigenvalue weighted by Crippen LogP contribution is -2.43. The van der Waals surface area contributed by atoms with Crippen LogP contribution in [-0.2, 0) is 23.4 Å². The van der Waals surface area contributed by atoms with Gasteiger partial charge >= 0.3 is 19.3 Å². The van der Waals surface area contributed by atoms with Gasteiger partial charge < -0.3 is 24.8 Å². The van der Waals surface area contributed by atoms with Crippen molar-refractivity contribution in [1.29, 1.82) is 0 Å². The van der Waals surface area contributed by atoms with Gasteiger partial charge in [-0.25, -0.2) is 22.9 Å². The molecule has 1 saturated heterocycles. The van der Waals surface area contributed by atoms with Crippen LogP contribution in [-0.4, -0.2) is 63.2 Å². The molecule has 0 amide bonds. The zero-order valence-corrected chi connectivity index (χ0v) is 22.0. The molecule has 38 heavy (non-hydrogen) atoms. The number of nitrogens with zero attached hydrogens (tertiary/aromatic N) is 3. The van der Waals surface area contributed by atoms with Crippen molar-refractivity contribution < 1.29 is 41.8 Å². The number of alkyl halides is 1. The van der Waals surface area contributed by atoms with Gasteiger partial charge in [0.15, 0.2) is 23.5 Å². The third-order valence-electron chi connectivity index (χ3n) is 5.42. The van der Waals surface area contributed by atoms with E-state index in [0.29, 0.717) is 10.8 Å². The molecular formula is C23H29F2N4O8P. The Kier molecular flexibility index (Phi) is 9.03. The van der Waals surface area contributed by atoms with E-state index < -0.39 is 73.7 Å². The number of rotatable bonds is 10. The van der Waals surface area contributed by atoms with E-state index in [9.17, 15) is 23.7 Å². The monoisotopic (exact) mass is 558 g/mol. The molecule has 208 valence electrons. The van der Waals surface area contributed by atoms with E-state index in [1.165, 1.54) is 19.1 Å². The van der Waals surface area contributed by atoms with E-state index in [0.717, 1.165) is 12.9 Å². The Hall–Kier alpha value is -3.19. The van der Waals surface area contributed by atoms with E-state index in [1.54, 1.807) is 32.0 Å². The highest BCUT2D eigenvalue weighted by Gasteiger charge is 2.56. The number of anilines is 1. The van der Waals surface area contributed by atoms with Gasteiger partial charge in [-0.15, -0.1) is 0 Å². The van der Waals surface area contributed by atoms with Crippen LogP contribution in [0.25, 0.3) is 0 Å². The van der Waals surface area contributed by atoms with Crippen LogP contribution in [0, 0.1) is 5.82 Å². The van der Waals surface area contributed by atoms with Crippen molar-refractivity contribution in [3.05, 3.63) is 52.8 Å². The minimum atomic E-state index is -4.28. The normalized spacial score (nSPS) is 25.8. The van der Waals surface area contributed by atoms with Crippen LogP contribution in [0.4, 0.5) is 14.6 Å². The van der Waals surface area contributed by atoms with Gasteiger partial charge in [0.05, 0.1) is 18.9 Å². The molecule has 0 aliphatic carbocycles. The third-order valence-corrected chi connectivity index (χ3v) is 6.81. The van der Waals surface area contributed by atoms with Crippen molar-refractivity contribution in [1.82, 2.24) is 9.55 Å². The molecule has 0 bridgehead atoms. The fourth-order valence-electron chi connectivity index (χ4n) is 3.44. The molecular weight excluding hydrogens is 529 g/mol. The number of halogens is 2. The number of hydrogen-bond donors (Lipinski definition) is 2. The first kappa shape index (κ1) is 29.4. The summed E-state index contributed by atoms with van der Waals surface area (Å²) in [4.78, 5) is 31.5. The Balaban J connectivity index is 1.82. The van der Waals surface area contributed by atoms with Crippen molar-refractivity contribution in [2.24, 2.45) is 4.99 Å². The third kappa shape index (κ3) is 6.81. The second-order valence-corrected chi connectivity index (χ2v) is 10.7. The topological polar surface area (TPSA) is 165 Å². The van der Waals surface area contributed by atoms with Crippen molar-refractivity contribution in [2.75, 3.05) is 12.3 Å². The minimum Gasteiger partial charge on any atom is -0.461 e. The molecule has 1 aromatic heterocycles. The van der Waals surface area contributed by atoms with Gasteiger partial charge in [-0.05, 0) is 39.8 Å². The lowest BCUT2D eigenvalue weighted by Gasteiger charge is -2.24. The Morgan fingerprint density at radius 3 is 2.66 bits per heavy atom. The number of hydrogen-bond acceptors (Lipinski definition) is 11. The summed E-state index contributed by atoms with van der Waals surface area (Å²) in [6.07, 6.45) is -4.98. The molecule has 1 aliphatic rings. The zero-order chi connectivity index (χ0) is 28.3. The van der Waals surface area contributed by atoms with Crippen LogP contribution in [0.15, 0.2) is 46.3 Å². The fourth-order valence-corrected chi connectivity index (χ4v) is 4.74. The summed E-state index contributed by atoms with van der Waals surface area (Å²) in [5, 5.41) is 10.6. The SMILES string of the molecule is CC(C)OC(=O)[C@H](C)/N=C/P(=O)(OC[C@H]1O[C@@H](n2cc(F)c(N)nc2=O)C(C)(F)[C@H]1O)Oc1ccccc1. The smallest absolute Gasteiger partial charge is 0.421 e. The van der Waals surface area contributed by atoms with Gasteiger partial charge in [0, 0.05) is 0 Å². The number of nitrogens with two attached hydrogens (primary N) is 1. The number of aliphatic hydroxyl groups excluding tert-OH is 1. The van der Waals surface area contributed by atoms with Gasteiger partial charge in [0.2, 0.25) is 0 Å². The number of aliphatic hydroxyl groups is 1. The summed E-state index contributed by atoms with van der Waals surface area (Å²) in [6, 6.07) is 6.84. The molecule has 1 fully saturated rings. The van der Waals surface area contributed by atoms with E-state index in [2.05, 4.69) is 9.98 Å². The van der Waals surface area contributed by atoms with Crippen LogP contribution in [0.1, 0.15) is 33.9 Å². The van der Waals surface area contributed by atoms with Gasteiger partial charge in [-0.2, -0.15) is 4.98 Å². The number of benzene rings is 1. The van der Waals surface area contributed by atoms with Crippen LogP contribution >= 0.6 is 7.60 Å². The largest absolute Gasteiger partial charge is 0.461 e. The highest BCUT2D eigenvalue weighted by Crippen LogP contribution is 2.48. The quantitative estimate of drug-likeness (QED) is 0.252. The lowest BCUT2D eigenvalue weighted by molar-refractivity contribution is -0.148. The number of carbonyl (C=O) groups is 1. The molecule has 1 aliphatic heterocycles. The second kappa shape index (κ2) is 11.7. The van der Waals surface area contributed by atoms with Gasteiger partial charge in [-0.1, -0.05) is 18.2 Å². The molecule has 1 aromatic carbocycles. The summed E-state index contributed by atoms with van der Waals surface area (Å²) >= 11 is 0. The number of carbonyl (C=O) groups excluding carboxylic acids is 1. The molecule has 2 heterocycles. The number of para-hydroxylation sites is 1. The highest BCUT2D eigenvalue weighted by molar-refractivity contribution is 7.70. The van der Waals surface area contributed by atoms with Gasteiger partial charge in [0.25, 0.3) is 0 Å². The van der Waals surface area contributed by atoms with Crippen molar-refractivity contribution in [3.63, 3.8) is 0 Å². The summed E-state index contributed by atoms with van der Waals surface area (Å²) in [5.41, 5.74) is 1.54. The lowest BCUT2D eigenvalue weighted by atomic mass is 9.98. The molecule has 3 rings (SSSR count). The van der Waals surface area contributed by atoms with Crippen molar-refractivity contribution >= 4 is 25.3 Å². The predicted molar refractivity (Wildman–Crippen MR) is 132 cm³/mol. The number of aliphatic imine (C=N–C) groups is 1. The molecule has 0 saturated carbocycles. The summed E-state index contributed by atoms with van der Waals surface area (Å²) in [5.74, 6) is -1.52. The van der Waals surface area contributed by atoms with Crippen molar-refractivity contribution in [2.45, 2.75) is 63.9 Å². The summed E-state index contributed by atoms with van der Waals surface area (Å²) in [6.45, 7) is 4.96. The molecule has 12 nitrogen and oxygen atoms in total. The Morgan fingerprint density at radius 2 is 2.03 bits per heavy atom. The predicted octanol–water partition coefficient (Wildman–Crippen LogP) is 2.61. The standard InChI is InChI=1S/C23H29F2N4O8P/c1-13(2)35-20(31)14(3)27-12-38(33,37-15-8-6-5-7-9-15)34-11-17-18(30)23(4,25)21(36-17)29-10-16(24)19(26)28-22(29)32/h5-10,12-14,17-18,21,30H,11H2,1-4H3,(H2,26,28,32)/b27-12+/t14-,17+,18-,21+,23?,38?/m0/s1. The Morgan fingerprint density at radius 1 is 1.37 bits per heavy atom. The maximum atomic E-state index is 15.5. The highest BCUT2D eigenvalue weighted by atomic mass is 31.2. The number of aromatic nitrogens is 2. The molecule has 6 atom stereocenters. The molecule has 3 N–H and O–H groups in total. The summed E-state index contributed by atoms with van der Waals surface area (Å²) < 4.78 is 64.9. The van der Waals surface area contributed by atoms with Crippen molar-refractivity contribution in [3.8, 4) is 5.75 Å². The zero-order valence-electron chi connectivity index (χ0n) is 21.1. The van der Waals surface area contributed by atoms with Gasteiger partial charge in [-0.3, -0.25) is 14.1 Å². The fraction of sp³-hybridized carbons (Fsp3) is 0.478. The van der Waals surface area contributed by atoms with E-state index >= 15 is 4.39 Å². The minimum absolute atomic E-state index is 0.135. The van der Waals surface area contributed by atoms with Crippen LogP contribution < -0.4 is 15.9 Å². The van der Waals surface area contributed by atoms with Crippen LogP contribution in [0.3, 0.4) is 0 Å². The average molecular weight is 558 g/mol. The maximum Gasteiger partial charge on any atom is 0.421 e. The first-order valence-corrected chi connectivity index (χ1v) is 13.1. The Labute approximate surface area is 216 Å². The number of nitrogen functional groups attached to an aromatic ring is 1. The molecule has 15 heteroatoms. The van der Waals surface area contributed by atoms with E-state index in [1.807, 2.05) is 0 Å². The van der Waals surface area contributed by atoms with Crippen LogP contribution in [0.2, 0.25) is 0 Å². The number of ether oxygens (including phenoxy) is 2. The molecule has 0 spiro atoms. The average Bonchev–Trinajstić information content (AvgIpc) is 3.07. The first-order valence-electron chi connectivity index (χ1n) is 11.5. The maximum absolute atomic E-state index is 15.5. The first-order chi connectivity index (χ1) is 17.7. The van der Waals surface area contributed by atoms with Gasteiger partial charge in [0.1, 0.15) is 30.0 Å².